The number of hydrogen-bond donors (Lipinski definition) is 1. The smallest absolute Gasteiger partial charge is 0.306 e. The van der Waals surface area contributed by atoms with Gasteiger partial charge in [0.2, 0.25) is 0 Å². The molecule has 0 bridgehead atoms. The van der Waals surface area contributed by atoms with E-state index >= 15 is 0 Å². The van der Waals surface area contributed by atoms with Gasteiger partial charge in [0, 0.05) is 29.1 Å². The van der Waals surface area contributed by atoms with Gasteiger partial charge in [-0.05, 0) is 30.2 Å². The predicted octanol–water partition coefficient (Wildman–Crippen LogP) is 4.16. The number of thiophene rings is 1. The van der Waals surface area contributed by atoms with Gasteiger partial charge in [-0.1, -0.05) is 35.1 Å². The van der Waals surface area contributed by atoms with Gasteiger partial charge in [0.15, 0.2) is 0 Å². The van der Waals surface area contributed by atoms with E-state index in [0.717, 1.165) is 22.5 Å². The molecule has 0 aliphatic rings. The van der Waals surface area contributed by atoms with Gasteiger partial charge in [-0.25, -0.2) is 0 Å². The van der Waals surface area contributed by atoms with Crippen LogP contribution in [-0.4, -0.2) is 4.92 Å². The molecule has 1 aromatic carbocycles. The van der Waals surface area contributed by atoms with Crippen LogP contribution in [-0.2, 0) is 6.54 Å². The third-order valence-electron chi connectivity index (χ3n) is 2.78. The lowest BCUT2D eigenvalue weighted by atomic mass is 10.1. The highest BCUT2D eigenvalue weighted by Gasteiger charge is 2.11. The molecule has 0 amide bonds. The first kappa shape index (κ1) is 14.0. The minimum atomic E-state index is -0.367. The molecule has 0 aliphatic heterocycles. The number of hydrogen-bond acceptors (Lipinski definition) is 4. The molecule has 0 fully saturated rings. The first-order valence-electron chi connectivity index (χ1n) is 5.77. The van der Waals surface area contributed by atoms with Crippen LogP contribution in [0.3, 0.4) is 0 Å². The lowest BCUT2D eigenvalue weighted by Crippen LogP contribution is -2.17. The van der Waals surface area contributed by atoms with E-state index in [0.29, 0.717) is 11.6 Å². The summed E-state index contributed by atoms with van der Waals surface area (Å²) in [5, 5.41) is 16.6. The summed E-state index contributed by atoms with van der Waals surface area (Å²) in [5.41, 5.74) is 2.02. The lowest BCUT2D eigenvalue weighted by Gasteiger charge is -2.13. The second-order valence-electron chi connectivity index (χ2n) is 4.21. The van der Waals surface area contributed by atoms with Crippen LogP contribution in [0, 0.1) is 10.1 Å². The van der Waals surface area contributed by atoms with E-state index in [1.807, 2.05) is 31.2 Å². The molecule has 1 N–H and O–H groups in total. The monoisotopic (exact) mass is 296 g/mol. The predicted molar refractivity (Wildman–Crippen MR) is 77.7 cm³/mol. The van der Waals surface area contributed by atoms with Crippen molar-refractivity contribution in [2.45, 2.75) is 19.5 Å². The van der Waals surface area contributed by atoms with Gasteiger partial charge in [0.1, 0.15) is 0 Å². The normalized spacial score (nSPS) is 12.3. The van der Waals surface area contributed by atoms with Crippen molar-refractivity contribution in [3.63, 3.8) is 0 Å². The summed E-state index contributed by atoms with van der Waals surface area (Å²) in [5.74, 6) is 0. The van der Waals surface area contributed by atoms with Crippen molar-refractivity contribution < 1.29 is 4.92 Å². The van der Waals surface area contributed by atoms with Crippen LogP contribution in [0.4, 0.5) is 5.00 Å². The molecule has 19 heavy (non-hydrogen) atoms. The van der Waals surface area contributed by atoms with Crippen molar-refractivity contribution in [2.24, 2.45) is 0 Å². The number of nitrogens with one attached hydrogen (secondary N) is 1. The molecule has 0 saturated heterocycles. The van der Waals surface area contributed by atoms with Gasteiger partial charge in [0.25, 0.3) is 0 Å². The van der Waals surface area contributed by atoms with Gasteiger partial charge in [-0.2, -0.15) is 0 Å². The summed E-state index contributed by atoms with van der Waals surface area (Å²) in [7, 11) is 0. The summed E-state index contributed by atoms with van der Waals surface area (Å²) >= 11 is 7.09. The maximum atomic E-state index is 10.6. The highest BCUT2D eigenvalue weighted by molar-refractivity contribution is 7.13. The van der Waals surface area contributed by atoms with Crippen molar-refractivity contribution in [3.05, 3.63) is 62.0 Å². The average Bonchev–Trinajstić information content (AvgIpc) is 2.85. The van der Waals surface area contributed by atoms with Gasteiger partial charge in [-0.15, -0.1) is 0 Å². The minimum absolute atomic E-state index is 0.137. The largest absolute Gasteiger partial charge is 0.324 e. The Morgan fingerprint density at radius 2 is 2.26 bits per heavy atom. The SMILES string of the molecule is C[C@@H](NCc1csc([N+](=O)[O-])c1)c1cccc(Cl)c1. The zero-order valence-electron chi connectivity index (χ0n) is 10.3. The minimum Gasteiger partial charge on any atom is -0.306 e. The lowest BCUT2D eigenvalue weighted by molar-refractivity contribution is -0.380. The van der Waals surface area contributed by atoms with Gasteiger partial charge in [0.05, 0.1) is 4.92 Å². The molecule has 100 valence electrons. The summed E-state index contributed by atoms with van der Waals surface area (Å²) in [6.07, 6.45) is 0. The van der Waals surface area contributed by atoms with Gasteiger partial charge in [-0.3, -0.25) is 10.1 Å². The second-order valence-corrected chi connectivity index (χ2v) is 5.53. The zero-order chi connectivity index (χ0) is 13.8. The molecule has 2 rings (SSSR count). The highest BCUT2D eigenvalue weighted by Crippen LogP contribution is 2.23. The molecule has 0 unspecified atom stereocenters. The Morgan fingerprint density at radius 3 is 2.89 bits per heavy atom. The average molecular weight is 297 g/mol. The molecule has 6 heteroatoms. The number of halogens is 1. The molecule has 1 atom stereocenters. The summed E-state index contributed by atoms with van der Waals surface area (Å²) in [6.45, 7) is 2.63. The van der Waals surface area contributed by atoms with Gasteiger partial charge >= 0.3 is 5.00 Å². The van der Waals surface area contributed by atoms with Crippen LogP contribution >= 0.6 is 22.9 Å². The topological polar surface area (TPSA) is 55.2 Å². The number of rotatable bonds is 5. The Morgan fingerprint density at radius 1 is 1.47 bits per heavy atom. The fourth-order valence-electron chi connectivity index (χ4n) is 1.72. The van der Waals surface area contributed by atoms with Crippen molar-refractivity contribution in [2.75, 3.05) is 0 Å². The zero-order valence-corrected chi connectivity index (χ0v) is 11.9. The fraction of sp³-hybridized carbons (Fsp3) is 0.231. The van der Waals surface area contributed by atoms with E-state index in [9.17, 15) is 10.1 Å². The molecular formula is C13H13ClN2O2S. The quantitative estimate of drug-likeness (QED) is 0.666. The summed E-state index contributed by atoms with van der Waals surface area (Å²) < 4.78 is 0. The Kier molecular flexibility index (Phi) is 4.52. The maximum absolute atomic E-state index is 10.6. The van der Waals surface area contributed by atoms with Crippen LogP contribution in [0.25, 0.3) is 0 Å². The molecule has 0 saturated carbocycles. The van der Waals surface area contributed by atoms with E-state index in [2.05, 4.69) is 5.32 Å². The second kappa shape index (κ2) is 6.14. The van der Waals surface area contributed by atoms with Crippen molar-refractivity contribution in [1.82, 2.24) is 5.32 Å². The third kappa shape index (κ3) is 3.76. The van der Waals surface area contributed by atoms with E-state index in [4.69, 9.17) is 11.6 Å². The van der Waals surface area contributed by atoms with E-state index < -0.39 is 0 Å². The highest BCUT2D eigenvalue weighted by atomic mass is 35.5. The summed E-state index contributed by atoms with van der Waals surface area (Å²) in [6, 6.07) is 9.39. The van der Waals surface area contributed by atoms with Crippen LogP contribution in [0.15, 0.2) is 35.7 Å². The molecule has 1 heterocycles. The number of nitrogens with zero attached hydrogens (tertiary/aromatic N) is 1. The maximum Gasteiger partial charge on any atom is 0.324 e. The van der Waals surface area contributed by atoms with Crippen LogP contribution < -0.4 is 5.32 Å². The van der Waals surface area contributed by atoms with E-state index in [-0.39, 0.29) is 16.0 Å². The van der Waals surface area contributed by atoms with E-state index in [1.54, 1.807) is 11.4 Å². The molecule has 0 radical (unpaired) electrons. The van der Waals surface area contributed by atoms with Crippen molar-refractivity contribution in [1.29, 1.82) is 0 Å². The standard InChI is InChI=1S/C13H13ClN2O2S/c1-9(11-3-2-4-12(14)6-11)15-7-10-5-13(16(17)18)19-8-10/h2-6,8-9,15H,7H2,1H3/t9-/m1/s1. The molecule has 1 aromatic heterocycles. The van der Waals surface area contributed by atoms with Crippen molar-refractivity contribution in [3.8, 4) is 0 Å². The first-order chi connectivity index (χ1) is 9.06. The van der Waals surface area contributed by atoms with Crippen LogP contribution in [0.1, 0.15) is 24.1 Å². The van der Waals surface area contributed by atoms with E-state index in [1.165, 1.54) is 0 Å². The molecule has 4 nitrogen and oxygen atoms in total. The number of nitro groups is 1. The van der Waals surface area contributed by atoms with Gasteiger partial charge < -0.3 is 5.32 Å². The molecule has 2 aromatic rings. The Bertz CT molecular complexity index is 586. The number of benzene rings is 1. The van der Waals surface area contributed by atoms with Crippen LogP contribution in [0.5, 0.6) is 0 Å². The Balaban J connectivity index is 1.96. The fourth-order valence-corrected chi connectivity index (χ4v) is 2.64. The molecule has 0 aliphatic carbocycles. The third-order valence-corrected chi connectivity index (χ3v) is 3.95. The first-order valence-corrected chi connectivity index (χ1v) is 7.02. The molecule has 0 spiro atoms. The Labute approximate surface area is 120 Å². The van der Waals surface area contributed by atoms with Crippen molar-refractivity contribution >= 4 is 27.9 Å². The molecular weight excluding hydrogens is 284 g/mol. The summed E-state index contributed by atoms with van der Waals surface area (Å²) in [4.78, 5) is 10.2. The Hall–Kier alpha value is -1.43. The van der Waals surface area contributed by atoms with Crippen LogP contribution in [0.2, 0.25) is 5.02 Å².